The summed E-state index contributed by atoms with van der Waals surface area (Å²) in [6, 6.07) is 55.5. The van der Waals surface area contributed by atoms with Crippen LogP contribution < -0.4 is 0 Å². The molecule has 0 aliphatic carbocycles. The first-order chi connectivity index (χ1) is 20.8. The van der Waals surface area contributed by atoms with Gasteiger partial charge in [-0.05, 0) is 36.0 Å². The summed E-state index contributed by atoms with van der Waals surface area (Å²) >= 11 is 3.42. The molecule has 0 spiro atoms. The van der Waals surface area contributed by atoms with Crippen molar-refractivity contribution in [1.82, 2.24) is 15.0 Å². The maximum absolute atomic E-state index is 4.57. The maximum atomic E-state index is 4.57. The van der Waals surface area contributed by atoms with Gasteiger partial charge < -0.3 is 4.98 Å². The summed E-state index contributed by atoms with van der Waals surface area (Å²) in [6.45, 7) is 0. The van der Waals surface area contributed by atoms with E-state index in [0.717, 1.165) is 43.4 Å². The minimum Gasteiger partial charge on any atom is -0.305 e. The maximum Gasteiger partial charge on any atom is 3.00 e. The smallest absolute Gasteiger partial charge is 0.305 e. The van der Waals surface area contributed by atoms with Gasteiger partial charge in [-0.1, -0.05) is 36.4 Å². The number of rotatable bonds is 3. The van der Waals surface area contributed by atoms with Gasteiger partial charge in [-0.15, -0.1) is 108 Å². The van der Waals surface area contributed by atoms with Crippen LogP contribution in [0.25, 0.3) is 52.8 Å². The molecule has 8 rings (SSSR count). The summed E-state index contributed by atoms with van der Waals surface area (Å²) in [6.07, 6.45) is 1.79. The second-order valence-electron chi connectivity index (χ2n) is 9.02. The summed E-state index contributed by atoms with van der Waals surface area (Å²) < 4.78 is 2.45. The van der Waals surface area contributed by atoms with Crippen molar-refractivity contribution < 1.29 is 20.1 Å². The molecule has 0 bridgehead atoms. The largest absolute Gasteiger partial charge is 3.00 e. The van der Waals surface area contributed by atoms with Crippen molar-refractivity contribution in [2.24, 2.45) is 0 Å². The molecule has 3 heterocycles. The molecule has 0 N–H and O–H groups in total. The molecule has 43 heavy (non-hydrogen) atoms. The summed E-state index contributed by atoms with van der Waals surface area (Å²) in [4.78, 5) is 13.4. The van der Waals surface area contributed by atoms with E-state index < -0.39 is 0 Å². The monoisotopic (exact) mass is 767 g/mol. The Labute approximate surface area is 273 Å². The van der Waals surface area contributed by atoms with Gasteiger partial charge in [0.25, 0.3) is 0 Å². The zero-order chi connectivity index (χ0) is 28.4. The molecule has 0 atom stereocenters. The predicted molar refractivity (Wildman–Crippen MR) is 176 cm³/mol. The fourth-order valence-electron chi connectivity index (χ4n) is 4.10. The van der Waals surface area contributed by atoms with Crippen LogP contribution in [0.2, 0.25) is 0 Å². The molecule has 0 saturated heterocycles. The van der Waals surface area contributed by atoms with Gasteiger partial charge in [0.05, 0.1) is 11.0 Å². The average molecular weight is 767 g/mol. The van der Waals surface area contributed by atoms with Crippen molar-refractivity contribution in [2.45, 2.75) is 0 Å². The van der Waals surface area contributed by atoms with Crippen LogP contribution in [0.5, 0.6) is 0 Å². The number of aromatic nitrogens is 3. The standard InChI is InChI=1S/2C13H8NS.C11H8N.Ir/c2*1-2-6-10(7-3-1)13-14-11-8-4-5-9-12(11)15-13;1-2-6-10(7-3-1)11-8-4-5-9-12-11;/h2*1-6,8-9H;1-6,8-9H;/q3*-1;+3. The first kappa shape index (κ1) is 30.1. The molecule has 0 aliphatic heterocycles. The molecule has 0 amide bonds. The minimum atomic E-state index is 0. The molecule has 0 aliphatic rings. The number of pyridine rings is 1. The van der Waals surface area contributed by atoms with Crippen LogP contribution in [0.4, 0.5) is 0 Å². The SMILES string of the molecule is [Ir+3].[c-]1ccccc1-c1ccccn1.[c-]1ccccc1-c1nc2ccccc2s1.[c-]1ccccc1-c1nc2ccccc2s1. The zero-order valence-corrected chi connectivity index (χ0v) is 26.9. The van der Waals surface area contributed by atoms with Crippen molar-refractivity contribution in [3.05, 3.63) is 164 Å². The van der Waals surface area contributed by atoms with Crippen molar-refractivity contribution in [1.29, 1.82) is 0 Å². The Bertz CT molecular complexity index is 1760. The van der Waals surface area contributed by atoms with E-state index in [1.807, 2.05) is 127 Å². The number of hydrogen-bond acceptors (Lipinski definition) is 5. The molecule has 0 fully saturated rings. The molecule has 0 unspecified atom stereocenters. The van der Waals surface area contributed by atoms with Crippen LogP contribution in [0, 0.1) is 18.2 Å². The van der Waals surface area contributed by atoms with Gasteiger partial charge >= 0.3 is 20.1 Å². The van der Waals surface area contributed by atoms with E-state index in [2.05, 4.69) is 45.3 Å². The van der Waals surface area contributed by atoms with Crippen LogP contribution >= 0.6 is 22.7 Å². The second kappa shape index (κ2) is 15.2. The third kappa shape index (κ3) is 7.95. The van der Waals surface area contributed by atoms with Crippen LogP contribution in [0.15, 0.2) is 146 Å². The van der Waals surface area contributed by atoms with E-state index in [1.165, 1.54) is 9.40 Å². The zero-order valence-electron chi connectivity index (χ0n) is 22.8. The van der Waals surface area contributed by atoms with E-state index in [0.29, 0.717) is 0 Å². The molecule has 208 valence electrons. The van der Waals surface area contributed by atoms with E-state index in [4.69, 9.17) is 0 Å². The molecular formula is C37H24IrN3S2. The van der Waals surface area contributed by atoms with E-state index in [9.17, 15) is 0 Å². The fraction of sp³-hybridized carbons (Fsp3) is 0. The minimum absolute atomic E-state index is 0. The van der Waals surface area contributed by atoms with Gasteiger partial charge in [0, 0.05) is 25.6 Å². The number of para-hydroxylation sites is 2. The third-order valence-corrected chi connectivity index (χ3v) is 8.26. The third-order valence-electron chi connectivity index (χ3n) is 6.12. The molecule has 0 saturated carbocycles. The molecule has 8 aromatic rings. The van der Waals surface area contributed by atoms with Gasteiger partial charge in [-0.3, -0.25) is 9.97 Å². The Morgan fingerprint density at radius 1 is 0.442 bits per heavy atom. The van der Waals surface area contributed by atoms with Crippen LogP contribution in [0.1, 0.15) is 0 Å². The fourth-order valence-corrected chi connectivity index (χ4v) is 6.01. The number of hydrogen-bond donors (Lipinski definition) is 0. The first-order valence-electron chi connectivity index (χ1n) is 13.4. The Morgan fingerprint density at radius 3 is 1.30 bits per heavy atom. The predicted octanol–water partition coefficient (Wildman–Crippen LogP) is 10.1. The topological polar surface area (TPSA) is 38.7 Å². The molecule has 5 aromatic carbocycles. The molecule has 3 nitrogen and oxygen atoms in total. The van der Waals surface area contributed by atoms with Gasteiger partial charge in [0.2, 0.25) is 0 Å². The van der Waals surface area contributed by atoms with E-state index in [-0.39, 0.29) is 20.1 Å². The second-order valence-corrected chi connectivity index (χ2v) is 11.1. The number of thiazole rings is 2. The van der Waals surface area contributed by atoms with Crippen LogP contribution in [0.3, 0.4) is 0 Å². The Balaban J connectivity index is 0.000000128. The normalized spacial score (nSPS) is 10.1. The Kier molecular flexibility index (Phi) is 10.7. The van der Waals surface area contributed by atoms with Gasteiger partial charge in [0.1, 0.15) is 0 Å². The summed E-state index contributed by atoms with van der Waals surface area (Å²) in [5, 5.41) is 2.08. The number of fused-ring (bicyclic) bond motifs is 2. The van der Waals surface area contributed by atoms with Gasteiger partial charge in [-0.2, -0.15) is 22.7 Å². The van der Waals surface area contributed by atoms with Crippen molar-refractivity contribution in [3.8, 4) is 32.4 Å². The van der Waals surface area contributed by atoms with Crippen LogP contribution in [-0.4, -0.2) is 15.0 Å². The first-order valence-corrected chi connectivity index (χ1v) is 15.0. The molecule has 0 radical (unpaired) electrons. The molecule has 6 heteroatoms. The van der Waals surface area contributed by atoms with E-state index in [1.54, 1.807) is 28.9 Å². The Hall–Kier alpha value is -4.32. The van der Waals surface area contributed by atoms with Crippen molar-refractivity contribution in [2.75, 3.05) is 0 Å². The molecule has 3 aromatic heterocycles. The Morgan fingerprint density at radius 2 is 0.884 bits per heavy atom. The summed E-state index contributed by atoms with van der Waals surface area (Å²) in [7, 11) is 0. The number of nitrogens with zero attached hydrogens (tertiary/aromatic N) is 3. The number of benzene rings is 5. The average Bonchev–Trinajstić information content (AvgIpc) is 3.72. The molecular weight excluding hydrogens is 743 g/mol. The summed E-state index contributed by atoms with van der Waals surface area (Å²) in [5.41, 5.74) is 6.28. The van der Waals surface area contributed by atoms with E-state index >= 15 is 0 Å². The van der Waals surface area contributed by atoms with Crippen molar-refractivity contribution in [3.63, 3.8) is 0 Å². The van der Waals surface area contributed by atoms with Gasteiger partial charge in [0.15, 0.2) is 0 Å². The quantitative estimate of drug-likeness (QED) is 0.168. The van der Waals surface area contributed by atoms with Gasteiger partial charge in [-0.25, -0.2) is 0 Å². The van der Waals surface area contributed by atoms with Crippen LogP contribution in [-0.2, 0) is 20.1 Å². The summed E-state index contributed by atoms with van der Waals surface area (Å²) in [5.74, 6) is 0. The van der Waals surface area contributed by atoms with Crippen molar-refractivity contribution >= 4 is 43.1 Å².